The minimum absolute atomic E-state index is 0.0139. The minimum Gasteiger partial charge on any atom is -0.496 e. The molecule has 3 aromatic rings. The first-order valence-electron chi connectivity index (χ1n) is 13.2. The Kier molecular flexibility index (Phi) is 7.93. The van der Waals surface area contributed by atoms with E-state index < -0.39 is 7.60 Å². The third-order valence-electron chi connectivity index (χ3n) is 7.70. The van der Waals surface area contributed by atoms with Crippen LogP contribution in [0.1, 0.15) is 61.3 Å². The van der Waals surface area contributed by atoms with Gasteiger partial charge in [0.15, 0.2) is 0 Å². The number of nitrogens with one attached hydrogen (secondary N) is 1. The Morgan fingerprint density at radius 3 is 2.73 bits per heavy atom. The summed E-state index contributed by atoms with van der Waals surface area (Å²) in [6.45, 7) is 4.87. The van der Waals surface area contributed by atoms with E-state index in [2.05, 4.69) is 28.9 Å². The van der Waals surface area contributed by atoms with Crippen molar-refractivity contribution in [1.29, 1.82) is 0 Å². The van der Waals surface area contributed by atoms with Crippen LogP contribution in [0.2, 0.25) is 0 Å². The summed E-state index contributed by atoms with van der Waals surface area (Å²) in [4.78, 5) is 25.4. The number of hydrogen-bond donors (Lipinski definition) is 3. The summed E-state index contributed by atoms with van der Waals surface area (Å²) < 4.78 is 30.4. The van der Waals surface area contributed by atoms with E-state index in [4.69, 9.17) is 14.2 Å². The number of aromatic amines is 1. The van der Waals surface area contributed by atoms with Crippen molar-refractivity contribution in [2.75, 3.05) is 26.9 Å². The molecule has 2 atom stereocenters. The van der Waals surface area contributed by atoms with E-state index in [9.17, 15) is 14.4 Å². The van der Waals surface area contributed by atoms with E-state index in [1.165, 1.54) is 6.07 Å². The Balaban J connectivity index is 1.55. The summed E-state index contributed by atoms with van der Waals surface area (Å²) in [5.74, 6) is 1.42. The van der Waals surface area contributed by atoms with Crippen molar-refractivity contribution >= 4 is 23.8 Å². The van der Waals surface area contributed by atoms with Gasteiger partial charge in [-0.3, -0.25) is 9.46 Å². The second-order valence-corrected chi connectivity index (χ2v) is 11.8. The quantitative estimate of drug-likeness (QED) is 0.411. The molecule has 0 aliphatic carbocycles. The van der Waals surface area contributed by atoms with Crippen LogP contribution in [0.5, 0.6) is 11.5 Å². The number of hydrogen-bond acceptors (Lipinski definition) is 5. The zero-order chi connectivity index (χ0) is 26.0. The molecule has 0 unspecified atom stereocenters. The van der Waals surface area contributed by atoms with Gasteiger partial charge in [0.25, 0.3) is 0 Å². The summed E-state index contributed by atoms with van der Waals surface area (Å²) in [5.41, 5.74) is 4.32. The lowest BCUT2D eigenvalue weighted by Crippen LogP contribution is -2.40. The van der Waals surface area contributed by atoms with Gasteiger partial charge in [0.05, 0.1) is 25.1 Å². The highest BCUT2D eigenvalue weighted by molar-refractivity contribution is 7.60. The van der Waals surface area contributed by atoms with Gasteiger partial charge in [-0.15, -0.1) is 0 Å². The molecule has 0 radical (unpaired) electrons. The van der Waals surface area contributed by atoms with Gasteiger partial charge in [0.1, 0.15) is 11.5 Å². The summed E-state index contributed by atoms with van der Waals surface area (Å²) >= 11 is 0. The summed E-state index contributed by atoms with van der Waals surface area (Å²) in [6.07, 6.45) is 7.86. The zero-order valence-corrected chi connectivity index (χ0v) is 22.5. The van der Waals surface area contributed by atoms with Crippen molar-refractivity contribution in [2.45, 2.75) is 64.1 Å². The van der Waals surface area contributed by atoms with Crippen LogP contribution in [0.25, 0.3) is 10.9 Å². The number of aromatic nitrogens is 1. The van der Waals surface area contributed by atoms with Crippen molar-refractivity contribution in [1.82, 2.24) is 9.88 Å². The molecular formula is C28H37N2O6P. The van der Waals surface area contributed by atoms with Gasteiger partial charge < -0.3 is 29.0 Å². The highest BCUT2D eigenvalue weighted by Crippen LogP contribution is 2.42. The molecule has 3 heterocycles. The topological polar surface area (TPSA) is 104 Å². The van der Waals surface area contributed by atoms with E-state index in [0.29, 0.717) is 18.9 Å². The van der Waals surface area contributed by atoms with Gasteiger partial charge in [-0.25, -0.2) is 0 Å². The molecule has 3 N–H and O–H groups in total. The number of piperidine rings is 1. The highest BCUT2D eigenvalue weighted by Gasteiger charge is 2.34. The molecule has 2 aromatic carbocycles. The van der Waals surface area contributed by atoms with Crippen molar-refractivity contribution in [3.63, 3.8) is 0 Å². The average molecular weight is 529 g/mol. The average Bonchev–Trinajstić information content (AvgIpc) is 3.38. The van der Waals surface area contributed by atoms with Crippen LogP contribution >= 0.6 is 7.60 Å². The molecule has 0 saturated carbocycles. The standard InChI is InChI=1S/C28H37N2O6P/c1-19-15-26(34-2)24(22-9-11-29-28(19)22)18-30-12-10-20-16-25(30)23-8-7-21(37(31,32)33)17-27(23)36-14-6-4-3-5-13-35-20/h7-9,11,15,17,20,25,29H,3-6,10,12-14,16,18H2,1-2H3,(H2,31,32,33)/t20-,25-/m0/s1. The lowest BCUT2D eigenvalue weighted by molar-refractivity contribution is -0.0203. The third-order valence-corrected chi connectivity index (χ3v) is 8.65. The molecule has 0 spiro atoms. The fourth-order valence-corrected chi connectivity index (χ4v) is 6.28. The summed E-state index contributed by atoms with van der Waals surface area (Å²) in [7, 11) is -2.69. The van der Waals surface area contributed by atoms with Gasteiger partial charge in [-0.05, 0) is 68.9 Å². The molecule has 2 bridgehead atoms. The number of ether oxygens (including phenoxy) is 3. The highest BCUT2D eigenvalue weighted by atomic mass is 31.2. The Bertz CT molecular complexity index is 1290. The Morgan fingerprint density at radius 1 is 1.14 bits per heavy atom. The Labute approximate surface area is 218 Å². The van der Waals surface area contributed by atoms with Gasteiger partial charge in [0.2, 0.25) is 0 Å². The van der Waals surface area contributed by atoms with Crippen molar-refractivity contribution in [3.8, 4) is 11.5 Å². The number of likely N-dealkylation sites (tertiary alicyclic amines) is 1. The van der Waals surface area contributed by atoms with Crippen LogP contribution < -0.4 is 14.8 Å². The molecule has 8 nitrogen and oxygen atoms in total. The Hall–Kier alpha value is -2.35. The summed E-state index contributed by atoms with van der Waals surface area (Å²) in [5, 5.41) is 1.13. The Morgan fingerprint density at radius 2 is 1.95 bits per heavy atom. The van der Waals surface area contributed by atoms with Crippen LogP contribution in [0.3, 0.4) is 0 Å². The van der Waals surface area contributed by atoms with Crippen molar-refractivity contribution in [3.05, 3.63) is 53.2 Å². The van der Waals surface area contributed by atoms with Crippen LogP contribution in [-0.2, 0) is 15.8 Å². The van der Waals surface area contributed by atoms with Crippen LogP contribution in [0.4, 0.5) is 0 Å². The molecule has 2 aliphatic rings. The molecular weight excluding hydrogens is 491 g/mol. The molecule has 1 aromatic heterocycles. The predicted octanol–water partition coefficient (Wildman–Crippen LogP) is 4.96. The number of aryl methyl sites for hydroxylation is 1. The number of benzene rings is 2. The van der Waals surface area contributed by atoms with Crippen LogP contribution in [0.15, 0.2) is 36.5 Å². The van der Waals surface area contributed by atoms with E-state index >= 15 is 0 Å². The number of rotatable bonds is 4. The maximum atomic E-state index is 12.0. The van der Waals surface area contributed by atoms with E-state index in [-0.39, 0.29) is 17.5 Å². The molecule has 9 heteroatoms. The van der Waals surface area contributed by atoms with Gasteiger partial charge in [-0.1, -0.05) is 12.5 Å². The molecule has 200 valence electrons. The molecule has 1 saturated heterocycles. The lowest BCUT2D eigenvalue weighted by Gasteiger charge is -2.40. The third kappa shape index (κ3) is 5.74. The largest absolute Gasteiger partial charge is 0.496 e. The number of H-pyrrole nitrogens is 1. The fraction of sp³-hybridized carbons (Fsp3) is 0.500. The van der Waals surface area contributed by atoms with E-state index in [0.717, 1.165) is 85.0 Å². The maximum absolute atomic E-state index is 12.0. The van der Waals surface area contributed by atoms with E-state index in [1.54, 1.807) is 13.2 Å². The number of methoxy groups -OCH3 is 1. The maximum Gasteiger partial charge on any atom is 0.356 e. The van der Waals surface area contributed by atoms with E-state index in [1.807, 2.05) is 12.3 Å². The van der Waals surface area contributed by atoms with Gasteiger partial charge >= 0.3 is 7.60 Å². The zero-order valence-electron chi connectivity index (χ0n) is 21.6. The molecule has 37 heavy (non-hydrogen) atoms. The number of nitrogens with zero attached hydrogens (tertiary/aromatic N) is 1. The van der Waals surface area contributed by atoms with Crippen LogP contribution in [0, 0.1) is 6.92 Å². The van der Waals surface area contributed by atoms with Gasteiger partial charge in [-0.2, -0.15) is 0 Å². The minimum atomic E-state index is -4.40. The predicted molar refractivity (Wildman–Crippen MR) is 144 cm³/mol. The molecule has 1 fully saturated rings. The first-order chi connectivity index (χ1) is 17.8. The monoisotopic (exact) mass is 528 g/mol. The van der Waals surface area contributed by atoms with Crippen molar-refractivity contribution < 1.29 is 28.6 Å². The smallest absolute Gasteiger partial charge is 0.356 e. The molecule has 5 rings (SSSR count). The second kappa shape index (κ2) is 11.2. The fourth-order valence-electron chi connectivity index (χ4n) is 5.72. The first kappa shape index (κ1) is 26.3. The van der Waals surface area contributed by atoms with Gasteiger partial charge in [0, 0.05) is 54.0 Å². The SMILES string of the molecule is COc1cc(C)c2[nH]ccc2c1CN1CC[C@H]2C[C@H]1c1ccc(P(=O)(O)O)cc1OCCCCCCO2. The molecule has 0 amide bonds. The summed E-state index contributed by atoms with van der Waals surface area (Å²) in [6, 6.07) is 9.07. The lowest BCUT2D eigenvalue weighted by atomic mass is 9.91. The van der Waals surface area contributed by atoms with Crippen molar-refractivity contribution in [2.24, 2.45) is 0 Å². The number of fused-ring (bicyclic) bond motifs is 5. The molecule has 2 aliphatic heterocycles. The second-order valence-electron chi connectivity index (χ2n) is 10.2. The normalized spacial score (nSPS) is 21.8. The first-order valence-corrected chi connectivity index (χ1v) is 14.8. The van der Waals surface area contributed by atoms with Crippen LogP contribution in [-0.4, -0.2) is 52.6 Å².